The second-order valence-corrected chi connectivity index (χ2v) is 10.4. The number of carbonyl (C=O) groups is 1. The van der Waals surface area contributed by atoms with Crippen LogP contribution in [0.1, 0.15) is 60.4 Å². The summed E-state index contributed by atoms with van der Waals surface area (Å²) in [5.41, 5.74) is 0.865. The third-order valence-corrected chi connectivity index (χ3v) is 8.18. The Morgan fingerprint density at radius 2 is 1.89 bits per heavy atom. The van der Waals surface area contributed by atoms with E-state index in [1.54, 1.807) is 18.3 Å². The molecular weight excluding hydrogens is 471 g/mol. The third-order valence-electron chi connectivity index (χ3n) is 8.18. The SMILES string of the molecule is COC[C@@]1(C(=O)N2CCc3ncc(C(F)(F)F)cc3C2)CCN(C2CCC(c3cncnc3)CC2)C1. The standard InChI is InChI=1S/C26H32F3N5O2/c1-36-16-25(24(35)33-8-6-23-19(14-33)10-21(13-32-23)26(27,28)29)7-9-34(15-25)22-4-2-18(3-5-22)20-11-30-17-31-12-20/h10-13,17-18,22H,2-9,14-16H2,1H3/t18?,22?,25-/m1/s1. The lowest BCUT2D eigenvalue weighted by Gasteiger charge is -2.38. The van der Waals surface area contributed by atoms with Crippen molar-refractivity contribution in [2.24, 2.45) is 5.41 Å². The fourth-order valence-electron chi connectivity index (χ4n) is 6.23. The molecule has 194 valence electrons. The molecule has 0 N–H and O–H groups in total. The molecule has 1 amide bonds. The van der Waals surface area contributed by atoms with Gasteiger partial charge in [-0.2, -0.15) is 13.2 Å². The average Bonchev–Trinajstić information content (AvgIpc) is 3.33. The Morgan fingerprint density at radius 1 is 1.14 bits per heavy atom. The Labute approximate surface area is 209 Å². The number of likely N-dealkylation sites (tertiary alicyclic amines) is 1. The van der Waals surface area contributed by atoms with Crippen LogP contribution in [0.5, 0.6) is 0 Å². The molecule has 2 aromatic heterocycles. The van der Waals surface area contributed by atoms with Gasteiger partial charge >= 0.3 is 6.18 Å². The topological polar surface area (TPSA) is 71.5 Å². The molecule has 5 rings (SSSR count). The van der Waals surface area contributed by atoms with Crippen molar-refractivity contribution in [3.8, 4) is 0 Å². The first-order valence-corrected chi connectivity index (χ1v) is 12.6. The highest BCUT2D eigenvalue weighted by atomic mass is 19.4. The molecule has 3 aliphatic rings. The van der Waals surface area contributed by atoms with Crippen LogP contribution in [0.15, 0.2) is 31.0 Å². The lowest BCUT2D eigenvalue weighted by Crippen LogP contribution is -2.50. The molecule has 1 saturated carbocycles. The fraction of sp³-hybridized carbons (Fsp3) is 0.615. The summed E-state index contributed by atoms with van der Waals surface area (Å²) in [4.78, 5) is 30.3. The molecule has 1 aliphatic carbocycles. The van der Waals surface area contributed by atoms with Crippen LogP contribution in [0.2, 0.25) is 0 Å². The summed E-state index contributed by atoms with van der Waals surface area (Å²) in [5.74, 6) is 0.448. The van der Waals surface area contributed by atoms with Gasteiger partial charge in [-0.3, -0.25) is 14.7 Å². The van der Waals surface area contributed by atoms with Crippen LogP contribution >= 0.6 is 0 Å². The smallest absolute Gasteiger partial charge is 0.384 e. The van der Waals surface area contributed by atoms with E-state index in [4.69, 9.17) is 4.74 Å². The number of hydrogen-bond donors (Lipinski definition) is 0. The van der Waals surface area contributed by atoms with Crippen molar-refractivity contribution in [3.05, 3.63) is 53.4 Å². The molecule has 1 saturated heterocycles. The Hall–Kier alpha value is -2.59. The molecule has 0 unspecified atom stereocenters. The van der Waals surface area contributed by atoms with E-state index in [9.17, 15) is 18.0 Å². The van der Waals surface area contributed by atoms with Gasteiger partial charge in [0.15, 0.2) is 0 Å². The van der Waals surface area contributed by atoms with Crippen molar-refractivity contribution < 1.29 is 22.7 Å². The lowest BCUT2D eigenvalue weighted by molar-refractivity contribution is -0.145. The zero-order chi connectivity index (χ0) is 25.3. The van der Waals surface area contributed by atoms with Crippen LogP contribution in [0.4, 0.5) is 13.2 Å². The number of fused-ring (bicyclic) bond motifs is 1. The number of aromatic nitrogens is 3. The monoisotopic (exact) mass is 503 g/mol. The first kappa shape index (κ1) is 25.1. The molecule has 0 aromatic carbocycles. The van der Waals surface area contributed by atoms with E-state index in [-0.39, 0.29) is 12.5 Å². The second kappa shape index (κ2) is 10.0. The summed E-state index contributed by atoms with van der Waals surface area (Å²) in [6.45, 7) is 2.36. The van der Waals surface area contributed by atoms with Crippen molar-refractivity contribution in [2.75, 3.05) is 33.4 Å². The highest BCUT2D eigenvalue weighted by Gasteiger charge is 2.49. The van der Waals surface area contributed by atoms with Crippen LogP contribution in [0.25, 0.3) is 0 Å². The van der Waals surface area contributed by atoms with Crippen LogP contribution in [0, 0.1) is 5.41 Å². The first-order valence-electron chi connectivity index (χ1n) is 12.6. The molecule has 10 heteroatoms. The zero-order valence-corrected chi connectivity index (χ0v) is 20.5. The number of pyridine rings is 1. The number of nitrogens with zero attached hydrogens (tertiary/aromatic N) is 5. The number of carbonyl (C=O) groups excluding carboxylic acids is 1. The average molecular weight is 504 g/mol. The largest absolute Gasteiger partial charge is 0.417 e. The molecule has 36 heavy (non-hydrogen) atoms. The van der Waals surface area contributed by atoms with E-state index >= 15 is 0 Å². The van der Waals surface area contributed by atoms with Gasteiger partial charge in [0.2, 0.25) is 5.91 Å². The normalized spacial score (nSPS) is 27.2. The number of rotatable bonds is 5. The zero-order valence-electron chi connectivity index (χ0n) is 20.5. The van der Waals surface area contributed by atoms with Crippen molar-refractivity contribution in [3.63, 3.8) is 0 Å². The van der Waals surface area contributed by atoms with Gasteiger partial charge in [-0.1, -0.05) is 0 Å². The summed E-state index contributed by atoms with van der Waals surface area (Å²) in [5, 5.41) is 0. The van der Waals surface area contributed by atoms with E-state index in [1.165, 1.54) is 5.56 Å². The van der Waals surface area contributed by atoms with E-state index in [2.05, 4.69) is 19.9 Å². The van der Waals surface area contributed by atoms with Crippen molar-refractivity contribution in [2.45, 2.75) is 63.2 Å². The van der Waals surface area contributed by atoms with E-state index in [0.29, 0.717) is 55.8 Å². The molecule has 2 aliphatic heterocycles. The number of amides is 1. The maximum atomic E-state index is 13.8. The Morgan fingerprint density at radius 3 is 2.58 bits per heavy atom. The molecule has 4 heterocycles. The number of hydrogen-bond acceptors (Lipinski definition) is 6. The third kappa shape index (κ3) is 4.98. The lowest BCUT2D eigenvalue weighted by atomic mass is 9.82. The van der Waals surface area contributed by atoms with E-state index < -0.39 is 17.2 Å². The maximum Gasteiger partial charge on any atom is 0.417 e. The van der Waals surface area contributed by atoms with Gasteiger partial charge < -0.3 is 9.64 Å². The van der Waals surface area contributed by atoms with Gasteiger partial charge in [-0.25, -0.2) is 9.97 Å². The molecule has 7 nitrogen and oxygen atoms in total. The van der Waals surface area contributed by atoms with Gasteiger partial charge in [0.05, 0.1) is 17.6 Å². The molecule has 0 radical (unpaired) electrons. The molecule has 2 fully saturated rings. The van der Waals surface area contributed by atoms with Crippen LogP contribution in [-0.4, -0.2) is 70.1 Å². The Balaban J connectivity index is 1.25. The highest BCUT2D eigenvalue weighted by molar-refractivity contribution is 5.84. The van der Waals surface area contributed by atoms with Gasteiger partial charge in [0, 0.05) is 63.5 Å². The number of halogens is 3. The Kier molecular flexibility index (Phi) is 7.00. The van der Waals surface area contributed by atoms with Crippen LogP contribution in [0.3, 0.4) is 0 Å². The summed E-state index contributed by atoms with van der Waals surface area (Å²) in [6, 6.07) is 1.56. The first-order chi connectivity index (χ1) is 17.3. The summed E-state index contributed by atoms with van der Waals surface area (Å²) in [6.07, 6.45) is 7.18. The van der Waals surface area contributed by atoms with Crippen molar-refractivity contribution in [1.82, 2.24) is 24.8 Å². The van der Waals surface area contributed by atoms with Crippen LogP contribution < -0.4 is 0 Å². The van der Waals surface area contributed by atoms with Crippen LogP contribution in [-0.2, 0) is 28.7 Å². The molecule has 1 atom stereocenters. The molecule has 0 bridgehead atoms. The predicted molar refractivity (Wildman–Crippen MR) is 126 cm³/mol. The number of methoxy groups -OCH3 is 1. The van der Waals surface area contributed by atoms with Crippen molar-refractivity contribution in [1.29, 1.82) is 0 Å². The van der Waals surface area contributed by atoms with Gasteiger partial charge in [0.25, 0.3) is 0 Å². The number of alkyl halides is 3. The van der Waals surface area contributed by atoms with Gasteiger partial charge in [0.1, 0.15) is 6.33 Å². The predicted octanol–water partition coefficient (Wildman–Crippen LogP) is 3.84. The van der Waals surface area contributed by atoms with E-state index in [0.717, 1.165) is 44.5 Å². The van der Waals surface area contributed by atoms with Gasteiger partial charge in [-0.05, 0) is 61.8 Å². The minimum absolute atomic E-state index is 0.0231. The minimum Gasteiger partial charge on any atom is -0.384 e. The van der Waals surface area contributed by atoms with Crippen molar-refractivity contribution >= 4 is 5.91 Å². The summed E-state index contributed by atoms with van der Waals surface area (Å²) >= 11 is 0. The molecular formula is C26H32F3N5O2. The Bertz CT molecular complexity index is 1070. The maximum absolute atomic E-state index is 13.8. The summed E-state index contributed by atoms with van der Waals surface area (Å²) < 4.78 is 45.2. The minimum atomic E-state index is -4.45. The molecule has 2 aromatic rings. The second-order valence-electron chi connectivity index (χ2n) is 10.4. The fourth-order valence-corrected chi connectivity index (χ4v) is 6.23. The van der Waals surface area contributed by atoms with E-state index in [1.807, 2.05) is 12.4 Å². The van der Waals surface area contributed by atoms with Gasteiger partial charge in [-0.15, -0.1) is 0 Å². The number of ether oxygens (including phenoxy) is 1. The summed E-state index contributed by atoms with van der Waals surface area (Å²) in [7, 11) is 1.61. The highest BCUT2D eigenvalue weighted by Crippen LogP contribution is 2.41. The molecule has 0 spiro atoms. The quantitative estimate of drug-likeness (QED) is 0.618.